The lowest BCUT2D eigenvalue weighted by molar-refractivity contribution is 0.332. The summed E-state index contributed by atoms with van der Waals surface area (Å²) in [6.45, 7) is 0. The van der Waals surface area contributed by atoms with Gasteiger partial charge in [0, 0.05) is 24.0 Å². The van der Waals surface area contributed by atoms with Crippen molar-refractivity contribution in [1.29, 1.82) is 0 Å². The molecule has 16 heavy (non-hydrogen) atoms. The minimum atomic E-state index is 0.428. The van der Waals surface area contributed by atoms with Crippen LogP contribution in [0.25, 0.3) is 0 Å². The molecule has 1 aliphatic carbocycles. The topological polar surface area (TPSA) is 52.1 Å². The highest BCUT2D eigenvalue weighted by atomic mass is 16.5. The average molecular weight is 218 g/mol. The summed E-state index contributed by atoms with van der Waals surface area (Å²) in [5, 5.41) is 8.13. The lowest BCUT2D eigenvalue weighted by atomic mass is 9.76. The Bertz CT molecular complexity index is 380. The molecule has 84 valence electrons. The van der Waals surface area contributed by atoms with Crippen molar-refractivity contribution in [3.8, 4) is 0 Å². The van der Waals surface area contributed by atoms with E-state index in [9.17, 15) is 0 Å². The second-order valence-corrected chi connectivity index (χ2v) is 4.35. The zero-order valence-corrected chi connectivity index (χ0v) is 9.00. The van der Waals surface area contributed by atoms with Crippen LogP contribution < -0.4 is 0 Å². The Hall–Kier alpha value is -1.58. The van der Waals surface area contributed by atoms with Crippen molar-refractivity contribution < 1.29 is 9.05 Å². The first-order valence-corrected chi connectivity index (χ1v) is 5.75. The Morgan fingerprint density at radius 3 is 1.75 bits per heavy atom. The van der Waals surface area contributed by atoms with Gasteiger partial charge in [-0.2, -0.15) is 0 Å². The van der Waals surface area contributed by atoms with Crippen molar-refractivity contribution >= 4 is 0 Å². The molecule has 4 heteroatoms. The van der Waals surface area contributed by atoms with Gasteiger partial charge in [0.1, 0.15) is 12.5 Å². The highest BCUT2D eigenvalue weighted by molar-refractivity contribution is 5.17. The van der Waals surface area contributed by atoms with Crippen LogP contribution in [0.1, 0.15) is 48.9 Å². The van der Waals surface area contributed by atoms with Gasteiger partial charge < -0.3 is 9.05 Å². The molecule has 0 bridgehead atoms. The molecule has 0 radical (unpaired) electrons. The van der Waals surface area contributed by atoms with E-state index in [4.69, 9.17) is 9.05 Å². The van der Waals surface area contributed by atoms with E-state index < -0.39 is 0 Å². The van der Waals surface area contributed by atoms with Gasteiger partial charge in [-0.05, 0) is 12.8 Å². The van der Waals surface area contributed by atoms with E-state index in [1.165, 1.54) is 12.8 Å². The summed E-state index contributed by atoms with van der Waals surface area (Å²) >= 11 is 0. The standard InChI is InChI=1S/C12H14N2O2/c1-2-4-10(12-6-8-16-14-12)9(3-1)11-5-7-15-13-11/h5-10H,1-4H2. The number of rotatable bonds is 2. The smallest absolute Gasteiger partial charge is 0.124 e. The summed E-state index contributed by atoms with van der Waals surface area (Å²) in [5.74, 6) is 0.857. The van der Waals surface area contributed by atoms with Crippen LogP contribution in [0.3, 0.4) is 0 Å². The lowest BCUT2D eigenvalue weighted by Crippen LogP contribution is -2.16. The minimum absolute atomic E-state index is 0.428. The van der Waals surface area contributed by atoms with E-state index in [2.05, 4.69) is 10.3 Å². The number of aromatic nitrogens is 2. The Morgan fingerprint density at radius 1 is 0.875 bits per heavy atom. The van der Waals surface area contributed by atoms with Crippen LogP contribution in [0.15, 0.2) is 33.7 Å². The monoisotopic (exact) mass is 218 g/mol. The molecule has 1 saturated carbocycles. The van der Waals surface area contributed by atoms with Crippen LogP contribution in [0.4, 0.5) is 0 Å². The highest BCUT2D eigenvalue weighted by Gasteiger charge is 2.31. The Labute approximate surface area is 93.6 Å². The van der Waals surface area contributed by atoms with E-state index in [1.54, 1.807) is 12.5 Å². The molecule has 0 saturated heterocycles. The third kappa shape index (κ3) is 1.64. The SMILES string of the molecule is c1cc(C2CCCCC2c2ccon2)no1. The third-order valence-electron chi connectivity index (χ3n) is 3.44. The predicted octanol–water partition coefficient (Wildman–Crippen LogP) is 3.10. The fraction of sp³-hybridized carbons (Fsp3) is 0.500. The van der Waals surface area contributed by atoms with Gasteiger partial charge in [0.25, 0.3) is 0 Å². The largest absolute Gasteiger partial charge is 0.365 e. The Kier molecular flexibility index (Phi) is 2.48. The Balaban J connectivity index is 1.90. The first-order chi connectivity index (χ1) is 7.95. The van der Waals surface area contributed by atoms with E-state index in [-0.39, 0.29) is 0 Å². The first kappa shape index (κ1) is 9.63. The molecule has 1 aliphatic rings. The van der Waals surface area contributed by atoms with E-state index in [0.29, 0.717) is 11.8 Å². The van der Waals surface area contributed by atoms with Crippen LogP contribution in [0.5, 0.6) is 0 Å². The second kappa shape index (κ2) is 4.12. The number of hydrogen-bond acceptors (Lipinski definition) is 4. The summed E-state index contributed by atoms with van der Waals surface area (Å²) in [7, 11) is 0. The van der Waals surface area contributed by atoms with Crippen LogP contribution in [0, 0.1) is 0 Å². The lowest BCUT2D eigenvalue weighted by Gasteiger charge is -2.28. The van der Waals surface area contributed by atoms with Gasteiger partial charge in [-0.3, -0.25) is 0 Å². The number of nitrogens with zero attached hydrogens (tertiary/aromatic N) is 2. The third-order valence-corrected chi connectivity index (χ3v) is 3.44. The zero-order chi connectivity index (χ0) is 10.8. The van der Waals surface area contributed by atoms with Crippen molar-refractivity contribution in [1.82, 2.24) is 10.3 Å². The molecule has 2 unspecified atom stereocenters. The molecular formula is C12H14N2O2. The minimum Gasteiger partial charge on any atom is -0.365 e. The van der Waals surface area contributed by atoms with Crippen molar-refractivity contribution in [2.45, 2.75) is 37.5 Å². The molecule has 0 aliphatic heterocycles. The summed E-state index contributed by atoms with van der Waals surface area (Å²) in [4.78, 5) is 0. The second-order valence-electron chi connectivity index (χ2n) is 4.35. The van der Waals surface area contributed by atoms with Gasteiger partial charge in [0.2, 0.25) is 0 Å². The van der Waals surface area contributed by atoms with Gasteiger partial charge in [-0.15, -0.1) is 0 Å². The van der Waals surface area contributed by atoms with Gasteiger partial charge >= 0.3 is 0 Å². The van der Waals surface area contributed by atoms with Crippen molar-refractivity contribution in [2.24, 2.45) is 0 Å². The highest BCUT2D eigenvalue weighted by Crippen LogP contribution is 2.42. The van der Waals surface area contributed by atoms with Crippen LogP contribution in [-0.2, 0) is 0 Å². The predicted molar refractivity (Wildman–Crippen MR) is 57.0 cm³/mol. The maximum absolute atomic E-state index is 4.94. The maximum Gasteiger partial charge on any atom is 0.124 e. The molecule has 3 rings (SSSR count). The Morgan fingerprint density at radius 2 is 1.38 bits per heavy atom. The van der Waals surface area contributed by atoms with Crippen molar-refractivity contribution in [3.63, 3.8) is 0 Å². The van der Waals surface area contributed by atoms with E-state index in [0.717, 1.165) is 24.2 Å². The van der Waals surface area contributed by atoms with Crippen LogP contribution in [-0.4, -0.2) is 10.3 Å². The van der Waals surface area contributed by atoms with Crippen LogP contribution in [0.2, 0.25) is 0 Å². The molecule has 0 spiro atoms. The van der Waals surface area contributed by atoms with E-state index >= 15 is 0 Å². The molecule has 2 heterocycles. The first-order valence-electron chi connectivity index (χ1n) is 5.75. The molecule has 2 aromatic heterocycles. The fourth-order valence-corrected chi connectivity index (χ4v) is 2.67. The maximum atomic E-state index is 4.94. The van der Waals surface area contributed by atoms with E-state index in [1.807, 2.05) is 12.1 Å². The molecule has 1 fully saturated rings. The summed E-state index contributed by atoms with van der Waals surface area (Å²) in [6, 6.07) is 3.92. The van der Waals surface area contributed by atoms with Crippen molar-refractivity contribution in [3.05, 3.63) is 36.0 Å². The van der Waals surface area contributed by atoms with Crippen molar-refractivity contribution in [2.75, 3.05) is 0 Å². The molecular weight excluding hydrogens is 204 g/mol. The number of hydrogen-bond donors (Lipinski definition) is 0. The molecule has 4 nitrogen and oxygen atoms in total. The van der Waals surface area contributed by atoms with Crippen LogP contribution >= 0.6 is 0 Å². The molecule has 2 atom stereocenters. The normalized spacial score (nSPS) is 25.8. The molecule has 2 aromatic rings. The van der Waals surface area contributed by atoms with Gasteiger partial charge in [-0.25, -0.2) is 0 Å². The fourth-order valence-electron chi connectivity index (χ4n) is 2.67. The summed E-state index contributed by atoms with van der Waals surface area (Å²) < 4.78 is 9.88. The zero-order valence-electron chi connectivity index (χ0n) is 9.00. The van der Waals surface area contributed by atoms with Gasteiger partial charge in [-0.1, -0.05) is 23.2 Å². The molecule has 0 N–H and O–H groups in total. The summed E-state index contributed by atoms with van der Waals surface area (Å²) in [6.07, 6.45) is 8.11. The molecule has 0 amide bonds. The quantitative estimate of drug-likeness (QED) is 0.777. The van der Waals surface area contributed by atoms with Gasteiger partial charge in [0.15, 0.2) is 0 Å². The summed E-state index contributed by atoms with van der Waals surface area (Å²) in [5.41, 5.74) is 2.10. The van der Waals surface area contributed by atoms with Gasteiger partial charge in [0.05, 0.1) is 11.4 Å². The average Bonchev–Trinajstić information content (AvgIpc) is 3.03. The molecule has 0 aromatic carbocycles.